The molecule has 0 aliphatic carbocycles. The zero-order valence-electron chi connectivity index (χ0n) is 11.2. The fourth-order valence-electron chi connectivity index (χ4n) is 1.75. The van der Waals surface area contributed by atoms with Crippen LogP contribution in [0.1, 0.15) is 25.5 Å². The second-order valence-corrected chi connectivity index (χ2v) is 5.69. The lowest BCUT2D eigenvalue weighted by molar-refractivity contribution is 0.386. The minimum Gasteiger partial charge on any atom is -0.494 e. The van der Waals surface area contributed by atoms with Crippen molar-refractivity contribution in [2.75, 3.05) is 7.11 Å². The molecule has 0 radical (unpaired) electrons. The lowest BCUT2D eigenvalue weighted by atomic mass is 10.1. The Hall–Kier alpha value is -1.20. The van der Waals surface area contributed by atoms with E-state index in [2.05, 4.69) is 25.9 Å². The molecule has 0 saturated carbocycles. The van der Waals surface area contributed by atoms with Crippen molar-refractivity contribution in [1.29, 1.82) is 0 Å². The van der Waals surface area contributed by atoms with Gasteiger partial charge in [-0.05, 0) is 40.0 Å². The van der Waals surface area contributed by atoms with Crippen molar-refractivity contribution in [3.63, 3.8) is 0 Å². The molecule has 0 unspecified atom stereocenters. The number of halogens is 3. The highest BCUT2D eigenvalue weighted by molar-refractivity contribution is 9.10. The molecule has 0 fully saturated rings. The summed E-state index contributed by atoms with van der Waals surface area (Å²) in [5.41, 5.74) is 1.46. The predicted octanol–water partition coefficient (Wildman–Crippen LogP) is 4.83. The second-order valence-electron chi connectivity index (χ2n) is 4.54. The summed E-state index contributed by atoms with van der Waals surface area (Å²) in [4.78, 5) is 8.71. The maximum Gasteiger partial charge on any atom is 0.165 e. The monoisotopic (exact) mass is 358 g/mol. The molecule has 106 valence electrons. The van der Waals surface area contributed by atoms with Gasteiger partial charge in [-0.1, -0.05) is 25.4 Å². The van der Waals surface area contributed by atoms with Gasteiger partial charge < -0.3 is 4.74 Å². The zero-order valence-corrected chi connectivity index (χ0v) is 13.6. The van der Waals surface area contributed by atoms with Crippen molar-refractivity contribution in [3.8, 4) is 17.1 Å². The van der Waals surface area contributed by atoms with E-state index in [1.165, 1.54) is 13.2 Å². The molecule has 0 N–H and O–H groups in total. The van der Waals surface area contributed by atoms with Gasteiger partial charge in [-0.2, -0.15) is 0 Å². The lowest BCUT2D eigenvalue weighted by Crippen LogP contribution is -2.01. The molecule has 0 bridgehead atoms. The van der Waals surface area contributed by atoms with Crippen molar-refractivity contribution >= 4 is 27.5 Å². The van der Waals surface area contributed by atoms with E-state index < -0.39 is 5.82 Å². The highest BCUT2D eigenvalue weighted by Crippen LogP contribution is 2.32. The van der Waals surface area contributed by atoms with Gasteiger partial charge in [0.2, 0.25) is 0 Å². The van der Waals surface area contributed by atoms with E-state index in [1.54, 1.807) is 12.1 Å². The van der Waals surface area contributed by atoms with Crippen LogP contribution in [0.4, 0.5) is 4.39 Å². The molecular weight excluding hydrogens is 347 g/mol. The molecule has 1 aromatic carbocycles. The quantitative estimate of drug-likeness (QED) is 0.736. The van der Waals surface area contributed by atoms with E-state index >= 15 is 0 Å². The van der Waals surface area contributed by atoms with Crippen molar-refractivity contribution in [2.45, 2.75) is 19.8 Å². The molecule has 1 aromatic heterocycles. The smallest absolute Gasteiger partial charge is 0.165 e. The molecule has 2 aromatic rings. The minimum atomic E-state index is -0.427. The molecule has 6 heteroatoms. The van der Waals surface area contributed by atoms with Gasteiger partial charge in [-0.15, -0.1) is 0 Å². The average Bonchev–Trinajstić information content (AvgIpc) is 2.42. The Kier molecular flexibility index (Phi) is 4.60. The lowest BCUT2D eigenvalue weighted by Gasteiger charge is -2.11. The predicted molar refractivity (Wildman–Crippen MR) is 80.8 cm³/mol. The maximum atomic E-state index is 13.4. The van der Waals surface area contributed by atoms with Crippen LogP contribution in [0, 0.1) is 5.82 Å². The molecule has 20 heavy (non-hydrogen) atoms. The molecule has 0 spiro atoms. The highest BCUT2D eigenvalue weighted by Gasteiger charge is 2.15. The summed E-state index contributed by atoms with van der Waals surface area (Å²) in [5, 5.41) is 0.335. The molecule has 0 aliphatic rings. The SMILES string of the molecule is COc1cc(-c2nc(Cl)c(Br)c(C(C)C)n2)ccc1F. The largest absolute Gasteiger partial charge is 0.494 e. The first-order valence-electron chi connectivity index (χ1n) is 6.01. The first-order valence-corrected chi connectivity index (χ1v) is 7.18. The van der Waals surface area contributed by atoms with Gasteiger partial charge in [0.15, 0.2) is 17.4 Å². The standard InChI is InChI=1S/C14H13BrClFN2O/c1-7(2)12-11(15)13(16)19-14(18-12)8-4-5-9(17)10(6-8)20-3/h4-7H,1-3H3. The molecule has 0 amide bonds. The Labute approximate surface area is 130 Å². The van der Waals surface area contributed by atoms with Crippen LogP contribution in [0.5, 0.6) is 5.75 Å². The number of nitrogens with zero attached hydrogens (tertiary/aromatic N) is 2. The van der Waals surface area contributed by atoms with E-state index in [1.807, 2.05) is 13.8 Å². The van der Waals surface area contributed by atoms with Crippen molar-refractivity contribution in [3.05, 3.63) is 39.3 Å². The van der Waals surface area contributed by atoms with Gasteiger partial charge in [-0.3, -0.25) is 0 Å². The third-order valence-corrected chi connectivity index (χ3v) is 4.08. The van der Waals surface area contributed by atoms with E-state index in [0.29, 0.717) is 21.0 Å². The molecule has 0 atom stereocenters. The zero-order chi connectivity index (χ0) is 14.9. The number of benzene rings is 1. The molecule has 2 rings (SSSR count). The van der Waals surface area contributed by atoms with Gasteiger partial charge in [-0.25, -0.2) is 14.4 Å². The molecule has 1 heterocycles. The Bertz CT molecular complexity index is 649. The van der Waals surface area contributed by atoms with Crippen LogP contribution in [-0.2, 0) is 0 Å². The van der Waals surface area contributed by atoms with E-state index in [-0.39, 0.29) is 11.7 Å². The fraction of sp³-hybridized carbons (Fsp3) is 0.286. The maximum absolute atomic E-state index is 13.4. The summed E-state index contributed by atoms with van der Waals surface area (Å²) in [5.74, 6) is 0.353. The van der Waals surface area contributed by atoms with Crippen LogP contribution in [0.3, 0.4) is 0 Å². The van der Waals surface area contributed by atoms with Crippen LogP contribution in [0.2, 0.25) is 5.15 Å². The third kappa shape index (κ3) is 2.94. The number of hydrogen-bond donors (Lipinski definition) is 0. The Morgan fingerprint density at radius 2 is 2.00 bits per heavy atom. The Balaban J connectivity index is 2.58. The number of rotatable bonds is 3. The van der Waals surface area contributed by atoms with Crippen LogP contribution < -0.4 is 4.74 Å². The van der Waals surface area contributed by atoms with Crippen LogP contribution in [0.15, 0.2) is 22.7 Å². The summed E-state index contributed by atoms with van der Waals surface area (Å²) < 4.78 is 19.1. The summed E-state index contributed by atoms with van der Waals surface area (Å²) in [6.07, 6.45) is 0. The molecule has 0 aliphatic heterocycles. The van der Waals surface area contributed by atoms with Crippen molar-refractivity contribution in [2.24, 2.45) is 0 Å². The normalized spacial score (nSPS) is 10.9. The highest BCUT2D eigenvalue weighted by atomic mass is 79.9. The van der Waals surface area contributed by atoms with Gasteiger partial charge in [0.1, 0.15) is 5.15 Å². The van der Waals surface area contributed by atoms with Crippen molar-refractivity contribution in [1.82, 2.24) is 9.97 Å². The summed E-state index contributed by atoms with van der Waals surface area (Å²) in [6, 6.07) is 4.48. The van der Waals surface area contributed by atoms with Gasteiger partial charge >= 0.3 is 0 Å². The van der Waals surface area contributed by atoms with Crippen LogP contribution in [0.25, 0.3) is 11.4 Å². The Morgan fingerprint density at radius 1 is 1.30 bits per heavy atom. The molecule has 3 nitrogen and oxygen atoms in total. The topological polar surface area (TPSA) is 35.0 Å². The van der Waals surface area contributed by atoms with Crippen LogP contribution >= 0.6 is 27.5 Å². The molecular formula is C14H13BrClFN2O. The van der Waals surface area contributed by atoms with Crippen molar-refractivity contribution < 1.29 is 9.13 Å². The third-order valence-electron chi connectivity index (χ3n) is 2.79. The van der Waals surface area contributed by atoms with E-state index in [4.69, 9.17) is 16.3 Å². The fourth-order valence-corrected chi connectivity index (χ4v) is 2.56. The number of hydrogen-bond acceptors (Lipinski definition) is 3. The number of aromatic nitrogens is 2. The summed E-state index contributed by atoms with van der Waals surface area (Å²) in [6.45, 7) is 4.02. The van der Waals surface area contributed by atoms with Gasteiger partial charge in [0.05, 0.1) is 17.3 Å². The summed E-state index contributed by atoms with van der Waals surface area (Å²) in [7, 11) is 1.41. The van der Waals surface area contributed by atoms with Crippen LogP contribution in [-0.4, -0.2) is 17.1 Å². The van der Waals surface area contributed by atoms with Gasteiger partial charge in [0, 0.05) is 5.56 Å². The second kappa shape index (κ2) is 6.06. The molecule has 0 saturated heterocycles. The Morgan fingerprint density at radius 3 is 2.60 bits per heavy atom. The van der Waals surface area contributed by atoms with Gasteiger partial charge in [0.25, 0.3) is 0 Å². The number of methoxy groups -OCH3 is 1. The van der Waals surface area contributed by atoms with E-state index in [0.717, 1.165) is 5.69 Å². The number of ether oxygens (including phenoxy) is 1. The first-order chi connectivity index (χ1) is 9.43. The van der Waals surface area contributed by atoms with E-state index in [9.17, 15) is 4.39 Å². The minimum absolute atomic E-state index is 0.149. The summed E-state index contributed by atoms with van der Waals surface area (Å²) >= 11 is 9.50. The average molecular weight is 360 g/mol. The first kappa shape index (κ1) is 15.2.